The minimum atomic E-state index is -0.293. The van der Waals surface area contributed by atoms with E-state index in [1.807, 2.05) is 38.1 Å². The van der Waals surface area contributed by atoms with Crippen LogP contribution in [0.1, 0.15) is 11.1 Å². The average molecular weight is 372 g/mol. The van der Waals surface area contributed by atoms with E-state index in [0.717, 1.165) is 16.7 Å². The summed E-state index contributed by atoms with van der Waals surface area (Å²) in [5.41, 5.74) is 3.30. The summed E-state index contributed by atoms with van der Waals surface area (Å²) in [7, 11) is 1.52. The molecule has 1 N–H and O–H groups in total. The van der Waals surface area contributed by atoms with Gasteiger partial charge in [-0.3, -0.25) is 4.79 Å². The van der Waals surface area contributed by atoms with E-state index in [2.05, 4.69) is 20.7 Å². The summed E-state index contributed by atoms with van der Waals surface area (Å²) in [4.78, 5) is 13.6. The SMILES string of the molecule is COc1cc(Cl)c(C)cc1NC(=O)Cn1nnc(-c2ccccc2C)n1. The first-order chi connectivity index (χ1) is 12.5. The van der Waals surface area contributed by atoms with Crippen molar-refractivity contribution in [1.82, 2.24) is 20.2 Å². The zero-order valence-electron chi connectivity index (χ0n) is 14.7. The summed E-state index contributed by atoms with van der Waals surface area (Å²) < 4.78 is 5.26. The minimum absolute atomic E-state index is 0.0658. The molecule has 0 bridgehead atoms. The third-order valence-corrected chi connectivity index (χ3v) is 4.29. The van der Waals surface area contributed by atoms with E-state index in [1.54, 1.807) is 12.1 Å². The van der Waals surface area contributed by atoms with Crippen LogP contribution in [0.25, 0.3) is 11.4 Å². The molecule has 8 heteroatoms. The fraction of sp³-hybridized carbons (Fsp3) is 0.222. The number of tetrazole rings is 1. The van der Waals surface area contributed by atoms with Gasteiger partial charge in [0.05, 0.1) is 12.8 Å². The van der Waals surface area contributed by atoms with Crippen molar-refractivity contribution in [2.45, 2.75) is 20.4 Å². The van der Waals surface area contributed by atoms with Gasteiger partial charge < -0.3 is 10.1 Å². The Morgan fingerprint density at radius 1 is 1.23 bits per heavy atom. The lowest BCUT2D eigenvalue weighted by molar-refractivity contribution is -0.117. The Balaban J connectivity index is 1.74. The standard InChI is InChI=1S/C18H18ClN5O2/c1-11-6-4-5-7-13(11)18-21-23-24(22-18)10-17(25)20-15-8-12(2)14(19)9-16(15)26-3/h4-9H,10H2,1-3H3,(H,20,25). The monoisotopic (exact) mass is 371 g/mol. The maximum absolute atomic E-state index is 12.3. The number of hydrogen-bond donors (Lipinski definition) is 1. The van der Waals surface area contributed by atoms with Crippen molar-refractivity contribution in [3.8, 4) is 17.1 Å². The van der Waals surface area contributed by atoms with Gasteiger partial charge in [0.15, 0.2) is 0 Å². The lowest BCUT2D eigenvalue weighted by Crippen LogP contribution is -2.21. The first-order valence-electron chi connectivity index (χ1n) is 7.95. The molecule has 0 unspecified atom stereocenters. The summed E-state index contributed by atoms with van der Waals surface area (Å²) in [6.45, 7) is 3.76. The second kappa shape index (κ2) is 7.53. The van der Waals surface area contributed by atoms with Crippen molar-refractivity contribution in [3.05, 3.63) is 52.5 Å². The molecule has 0 spiro atoms. The van der Waals surface area contributed by atoms with Crippen molar-refractivity contribution in [2.75, 3.05) is 12.4 Å². The fourth-order valence-corrected chi connectivity index (χ4v) is 2.64. The molecule has 0 aliphatic rings. The van der Waals surface area contributed by atoms with Gasteiger partial charge in [-0.25, -0.2) is 0 Å². The molecule has 0 fully saturated rings. The molecule has 0 saturated carbocycles. The topological polar surface area (TPSA) is 81.9 Å². The maximum Gasteiger partial charge on any atom is 0.248 e. The lowest BCUT2D eigenvalue weighted by Gasteiger charge is -2.12. The van der Waals surface area contributed by atoms with Gasteiger partial charge in [-0.05, 0) is 36.3 Å². The molecule has 1 heterocycles. The number of aryl methyl sites for hydroxylation is 2. The maximum atomic E-state index is 12.3. The molecule has 3 aromatic rings. The summed E-state index contributed by atoms with van der Waals surface area (Å²) in [6.07, 6.45) is 0. The van der Waals surface area contributed by atoms with E-state index >= 15 is 0 Å². The van der Waals surface area contributed by atoms with Crippen molar-refractivity contribution < 1.29 is 9.53 Å². The highest BCUT2D eigenvalue weighted by Crippen LogP contribution is 2.30. The van der Waals surface area contributed by atoms with E-state index in [0.29, 0.717) is 22.3 Å². The van der Waals surface area contributed by atoms with Crippen molar-refractivity contribution in [2.24, 2.45) is 0 Å². The number of anilines is 1. The number of nitrogens with one attached hydrogen (secondary N) is 1. The predicted molar refractivity (Wildman–Crippen MR) is 99.4 cm³/mol. The molecule has 2 aromatic carbocycles. The van der Waals surface area contributed by atoms with Crippen molar-refractivity contribution in [1.29, 1.82) is 0 Å². The number of carbonyl (C=O) groups excluding carboxylic acids is 1. The highest BCUT2D eigenvalue weighted by molar-refractivity contribution is 6.31. The average Bonchev–Trinajstić information content (AvgIpc) is 3.06. The predicted octanol–water partition coefficient (Wildman–Crippen LogP) is 3.26. The van der Waals surface area contributed by atoms with Crippen LogP contribution in [-0.2, 0) is 11.3 Å². The normalized spacial score (nSPS) is 10.6. The summed E-state index contributed by atoms with van der Waals surface area (Å²) >= 11 is 6.08. The van der Waals surface area contributed by atoms with E-state index < -0.39 is 0 Å². The van der Waals surface area contributed by atoms with E-state index in [9.17, 15) is 4.79 Å². The van der Waals surface area contributed by atoms with Gasteiger partial charge in [-0.1, -0.05) is 35.9 Å². The number of benzene rings is 2. The number of amides is 1. The lowest BCUT2D eigenvalue weighted by atomic mass is 10.1. The van der Waals surface area contributed by atoms with Crippen LogP contribution in [0.3, 0.4) is 0 Å². The number of nitrogens with zero attached hydrogens (tertiary/aromatic N) is 4. The van der Waals surface area contributed by atoms with Gasteiger partial charge >= 0.3 is 0 Å². The van der Waals surface area contributed by atoms with Gasteiger partial charge in [0.2, 0.25) is 11.7 Å². The molecule has 0 aliphatic heterocycles. The molecular weight excluding hydrogens is 354 g/mol. The summed E-state index contributed by atoms with van der Waals surface area (Å²) in [5, 5.41) is 15.6. The van der Waals surface area contributed by atoms with Gasteiger partial charge in [0.25, 0.3) is 0 Å². The zero-order chi connectivity index (χ0) is 18.7. The van der Waals surface area contributed by atoms with Crippen LogP contribution in [0.5, 0.6) is 5.75 Å². The molecule has 0 saturated heterocycles. The molecule has 7 nitrogen and oxygen atoms in total. The van der Waals surface area contributed by atoms with Crippen LogP contribution >= 0.6 is 11.6 Å². The van der Waals surface area contributed by atoms with Gasteiger partial charge in [-0.15, -0.1) is 10.2 Å². The molecular formula is C18H18ClN5O2. The van der Waals surface area contributed by atoms with E-state index in [4.69, 9.17) is 16.3 Å². The van der Waals surface area contributed by atoms with E-state index in [-0.39, 0.29) is 12.5 Å². The molecule has 26 heavy (non-hydrogen) atoms. The highest BCUT2D eigenvalue weighted by atomic mass is 35.5. The second-order valence-corrected chi connectivity index (χ2v) is 6.22. The Morgan fingerprint density at radius 2 is 2.00 bits per heavy atom. The van der Waals surface area contributed by atoms with Crippen LogP contribution in [0, 0.1) is 13.8 Å². The number of aromatic nitrogens is 4. The Kier molecular flexibility index (Phi) is 5.18. The van der Waals surface area contributed by atoms with Gasteiger partial charge in [0.1, 0.15) is 12.3 Å². The number of methoxy groups -OCH3 is 1. The van der Waals surface area contributed by atoms with Crippen LogP contribution in [0.2, 0.25) is 5.02 Å². The van der Waals surface area contributed by atoms with Crippen molar-refractivity contribution in [3.63, 3.8) is 0 Å². The number of hydrogen-bond acceptors (Lipinski definition) is 5. The largest absolute Gasteiger partial charge is 0.495 e. The Hall–Kier alpha value is -2.93. The second-order valence-electron chi connectivity index (χ2n) is 5.81. The number of halogens is 1. The Bertz CT molecular complexity index is 955. The van der Waals surface area contributed by atoms with Crippen LogP contribution in [0.4, 0.5) is 5.69 Å². The zero-order valence-corrected chi connectivity index (χ0v) is 15.4. The number of rotatable bonds is 5. The molecule has 1 aromatic heterocycles. The molecule has 134 valence electrons. The number of carbonyl (C=O) groups is 1. The smallest absolute Gasteiger partial charge is 0.248 e. The Morgan fingerprint density at radius 3 is 2.73 bits per heavy atom. The molecule has 1 amide bonds. The molecule has 3 rings (SSSR count). The van der Waals surface area contributed by atoms with Gasteiger partial charge in [-0.2, -0.15) is 4.80 Å². The molecule has 0 aliphatic carbocycles. The third-order valence-electron chi connectivity index (χ3n) is 3.88. The third kappa shape index (κ3) is 3.83. The van der Waals surface area contributed by atoms with Gasteiger partial charge in [0, 0.05) is 16.7 Å². The van der Waals surface area contributed by atoms with E-state index in [1.165, 1.54) is 11.9 Å². The van der Waals surface area contributed by atoms with Crippen molar-refractivity contribution >= 4 is 23.2 Å². The minimum Gasteiger partial charge on any atom is -0.495 e. The first-order valence-corrected chi connectivity index (χ1v) is 8.33. The molecule has 0 radical (unpaired) electrons. The highest BCUT2D eigenvalue weighted by Gasteiger charge is 2.13. The summed E-state index contributed by atoms with van der Waals surface area (Å²) in [5.74, 6) is 0.677. The fourth-order valence-electron chi connectivity index (χ4n) is 2.49. The summed E-state index contributed by atoms with van der Waals surface area (Å²) in [6, 6.07) is 11.2. The number of ether oxygens (including phenoxy) is 1. The quantitative estimate of drug-likeness (QED) is 0.744. The first kappa shape index (κ1) is 17.9. The van der Waals surface area contributed by atoms with Crippen LogP contribution in [0.15, 0.2) is 36.4 Å². The molecule has 0 atom stereocenters. The van der Waals surface area contributed by atoms with Crippen LogP contribution < -0.4 is 10.1 Å². The van der Waals surface area contributed by atoms with Crippen LogP contribution in [-0.4, -0.2) is 33.2 Å². The Labute approximate surface area is 155 Å².